The quantitative estimate of drug-likeness (QED) is 0.593. The second-order valence-electron chi connectivity index (χ2n) is 7.27. The highest BCUT2D eigenvalue weighted by molar-refractivity contribution is 5.78. The zero-order valence-corrected chi connectivity index (χ0v) is 17.0. The monoisotopic (exact) mass is 407 g/mol. The minimum atomic E-state index is -0.164. The number of nitrogens with zero attached hydrogens (tertiary/aromatic N) is 3. The van der Waals surface area contributed by atoms with Crippen LogP contribution >= 0.6 is 0 Å². The smallest absolute Gasteiger partial charge is 0.261 e. The van der Waals surface area contributed by atoms with Crippen LogP contribution in [-0.2, 0) is 11.2 Å². The average molecular weight is 407 g/mol. The summed E-state index contributed by atoms with van der Waals surface area (Å²) in [5.74, 6) is 2.67. The number of pyridine rings is 1. The number of hydrogen-bond donors (Lipinski definition) is 0. The first-order valence-electron chi connectivity index (χ1n) is 10.1. The predicted molar refractivity (Wildman–Crippen MR) is 110 cm³/mol. The molecular weight excluding hydrogens is 382 g/mol. The molecule has 0 bridgehead atoms. The minimum absolute atomic E-state index is 0.0282. The molecule has 3 aromatic rings. The van der Waals surface area contributed by atoms with E-state index in [2.05, 4.69) is 9.97 Å². The molecule has 1 aliphatic heterocycles. The largest absolute Gasteiger partial charge is 0.497 e. The first-order valence-corrected chi connectivity index (χ1v) is 10.1. The lowest BCUT2D eigenvalue weighted by molar-refractivity contribution is -0.137. The van der Waals surface area contributed by atoms with Gasteiger partial charge in [0.1, 0.15) is 23.3 Å². The molecule has 0 N–H and O–H groups in total. The maximum atomic E-state index is 12.8. The number of methoxy groups -OCH3 is 1. The number of carbonyl (C=O) groups excluding carboxylic acids is 1. The van der Waals surface area contributed by atoms with Crippen LogP contribution in [0.5, 0.6) is 11.5 Å². The molecule has 0 unspecified atom stereocenters. The van der Waals surface area contributed by atoms with E-state index >= 15 is 0 Å². The molecule has 1 atom stereocenters. The van der Waals surface area contributed by atoms with Gasteiger partial charge in [0.15, 0.2) is 6.61 Å². The zero-order chi connectivity index (χ0) is 20.8. The molecule has 0 saturated carbocycles. The first-order chi connectivity index (χ1) is 14.7. The molecule has 1 fully saturated rings. The molecule has 2 aromatic heterocycles. The van der Waals surface area contributed by atoms with Crippen LogP contribution in [-0.4, -0.2) is 41.0 Å². The van der Waals surface area contributed by atoms with E-state index in [1.807, 2.05) is 29.2 Å². The Morgan fingerprint density at radius 2 is 2.10 bits per heavy atom. The number of aromatic nitrogens is 2. The Kier molecular flexibility index (Phi) is 6.27. The Morgan fingerprint density at radius 3 is 2.93 bits per heavy atom. The van der Waals surface area contributed by atoms with E-state index in [4.69, 9.17) is 13.9 Å². The van der Waals surface area contributed by atoms with Crippen molar-refractivity contribution in [3.63, 3.8) is 0 Å². The summed E-state index contributed by atoms with van der Waals surface area (Å²) in [6, 6.07) is 11.3. The van der Waals surface area contributed by atoms with Crippen LogP contribution in [0.15, 0.2) is 59.4 Å². The maximum Gasteiger partial charge on any atom is 0.261 e. The molecular formula is C23H25N3O4. The number of ether oxygens (including phenoxy) is 2. The second-order valence-corrected chi connectivity index (χ2v) is 7.27. The Hall–Kier alpha value is -3.35. The lowest BCUT2D eigenvalue weighted by Crippen LogP contribution is -2.41. The van der Waals surface area contributed by atoms with Gasteiger partial charge in [0.05, 0.1) is 19.5 Å². The summed E-state index contributed by atoms with van der Waals surface area (Å²) >= 11 is 0. The van der Waals surface area contributed by atoms with Gasteiger partial charge in [0.25, 0.3) is 5.91 Å². The number of oxazole rings is 1. The zero-order valence-electron chi connectivity index (χ0n) is 17.0. The summed E-state index contributed by atoms with van der Waals surface area (Å²) in [6.45, 7) is 0.646. The van der Waals surface area contributed by atoms with Crippen LogP contribution in [0.25, 0.3) is 0 Å². The standard InChI is InChI=1S/C23H25N3O4/c1-28-18-7-4-6-17(12-18)13-20-15-25-23(30-20)21-9-2-3-11-26(21)22(27)16-29-19-8-5-10-24-14-19/h4-8,10,12,14-15,21H,2-3,9,11,13,16H2,1H3/t21-/m0/s1. The van der Waals surface area contributed by atoms with Gasteiger partial charge in [-0.1, -0.05) is 12.1 Å². The van der Waals surface area contributed by atoms with Gasteiger partial charge in [-0.05, 0) is 49.1 Å². The van der Waals surface area contributed by atoms with Crippen LogP contribution in [0.2, 0.25) is 0 Å². The molecule has 0 aliphatic carbocycles. The third-order valence-corrected chi connectivity index (χ3v) is 5.19. The van der Waals surface area contributed by atoms with Gasteiger partial charge in [0, 0.05) is 19.2 Å². The van der Waals surface area contributed by atoms with Crippen molar-refractivity contribution in [3.8, 4) is 11.5 Å². The molecule has 1 aromatic carbocycles. The second kappa shape index (κ2) is 9.43. The number of amides is 1. The van der Waals surface area contributed by atoms with Gasteiger partial charge in [0.2, 0.25) is 5.89 Å². The minimum Gasteiger partial charge on any atom is -0.497 e. The number of carbonyl (C=O) groups is 1. The van der Waals surface area contributed by atoms with E-state index in [9.17, 15) is 4.79 Å². The highest BCUT2D eigenvalue weighted by atomic mass is 16.5. The molecule has 156 valence electrons. The molecule has 30 heavy (non-hydrogen) atoms. The summed E-state index contributed by atoms with van der Waals surface area (Å²) in [4.78, 5) is 23.1. The number of hydrogen-bond acceptors (Lipinski definition) is 6. The van der Waals surface area contributed by atoms with Crippen molar-refractivity contribution in [2.45, 2.75) is 31.7 Å². The topological polar surface area (TPSA) is 77.7 Å². The molecule has 1 amide bonds. The Bertz CT molecular complexity index is 973. The van der Waals surface area contributed by atoms with E-state index in [-0.39, 0.29) is 18.6 Å². The summed E-state index contributed by atoms with van der Waals surface area (Å²) in [7, 11) is 1.65. The van der Waals surface area contributed by atoms with Crippen LogP contribution < -0.4 is 9.47 Å². The van der Waals surface area contributed by atoms with Crippen LogP contribution in [0, 0.1) is 0 Å². The van der Waals surface area contributed by atoms with Crippen LogP contribution in [0.4, 0.5) is 0 Å². The summed E-state index contributed by atoms with van der Waals surface area (Å²) in [6.07, 6.45) is 8.46. The van der Waals surface area contributed by atoms with Crippen molar-refractivity contribution < 1.29 is 18.7 Å². The number of benzene rings is 1. The molecule has 7 heteroatoms. The van der Waals surface area contributed by atoms with Crippen molar-refractivity contribution in [2.75, 3.05) is 20.3 Å². The van der Waals surface area contributed by atoms with E-state index in [0.717, 1.165) is 36.3 Å². The Labute approximate surface area is 175 Å². The lowest BCUT2D eigenvalue weighted by atomic mass is 10.0. The highest BCUT2D eigenvalue weighted by Gasteiger charge is 2.31. The maximum absolute atomic E-state index is 12.8. The van der Waals surface area contributed by atoms with Gasteiger partial charge >= 0.3 is 0 Å². The van der Waals surface area contributed by atoms with Gasteiger partial charge in [-0.2, -0.15) is 0 Å². The van der Waals surface area contributed by atoms with Crippen LogP contribution in [0.3, 0.4) is 0 Å². The number of likely N-dealkylation sites (tertiary alicyclic amines) is 1. The van der Waals surface area contributed by atoms with Crippen molar-refractivity contribution in [3.05, 3.63) is 72.2 Å². The van der Waals surface area contributed by atoms with Gasteiger partial charge < -0.3 is 18.8 Å². The summed E-state index contributed by atoms with van der Waals surface area (Å²) in [5, 5.41) is 0. The molecule has 4 rings (SSSR count). The molecule has 1 saturated heterocycles. The fourth-order valence-electron chi connectivity index (χ4n) is 3.69. The van der Waals surface area contributed by atoms with Crippen molar-refractivity contribution >= 4 is 5.91 Å². The van der Waals surface area contributed by atoms with E-state index in [0.29, 0.717) is 24.6 Å². The molecule has 3 heterocycles. The number of piperidine rings is 1. The third-order valence-electron chi connectivity index (χ3n) is 5.19. The summed E-state index contributed by atoms with van der Waals surface area (Å²) < 4.78 is 16.9. The average Bonchev–Trinajstić information content (AvgIpc) is 3.26. The summed E-state index contributed by atoms with van der Waals surface area (Å²) in [5.41, 5.74) is 1.08. The molecule has 0 radical (unpaired) electrons. The predicted octanol–water partition coefficient (Wildman–Crippen LogP) is 3.80. The highest BCUT2D eigenvalue weighted by Crippen LogP contribution is 2.31. The molecule has 7 nitrogen and oxygen atoms in total. The number of rotatable bonds is 7. The molecule has 0 spiro atoms. The first kappa shape index (κ1) is 19.9. The Morgan fingerprint density at radius 1 is 1.20 bits per heavy atom. The SMILES string of the molecule is COc1cccc(Cc2cnc([C@@H]3CCCCN3C(=O)COc3cccnc3)o2)c1. The van der Waals surface area contributed by atoms with E-state index < -0.39 is 0 Å². The van der Waals surface area contributed by atoms with Crippen molar-refractivity contribution in [1.29, 1.82) is 0 Å². The van der Waals surface area contributed by atoms with Gasteiger partial charge in [-0.15, -0.1) is 0 Å². The normalized spacial score (nSPS) is 16.3. The van der Waals surface area contributed by atoms with Crippen molar-refractivity contribution in [1.82, 2.24) is 14.9 Å². The fourth-order valence-corrected chi connectivity index (χ4v) is 3.69. The van der Waals surface area contributed by atoms with Gasteiger partial charge in [-0.25, -0.2) is 4.98 Å². The van der Waals surface area contributed by atoms with Crippen LogP contribution in [0.1, 0.15) is 42.5 Å². The lowest BCUT2D eigenvalue weighted by Gasteiger charge is -2.33. The van der Waals surface area contributed by atoms with Crippen molar-refractivity contribution in [2.24, 2.45) is 0 Å². The third kappa shape index (κ3) is 4.79. The molecule has 1 aliphatic rings. The fraction of sp³-hybridized carbons (Fsp3) is 0.348. The van der Waals surface area contributed by atoms with E-state index in [1.54, 1.807) is 37.8 Å². The van der Waals surface area contributed by atoms with Gasteiger partial charge in [-0.3, -0.25) is 9.78 Å². The van der Waals surface area contributed by atoms with E-state index in [1.165, 1.54) is 0 Å². The Balaban J connectivity index is 1.43.